The number of rotatable bonds is 4. The first-order valence-corrected chi connectivity index (χ1v) is 6.43. The highest BCUT2D eigenvalue weighted by molar-refractivity contribution is 6.04. The molecule has 1 aromatic heterocycles. The molecule has 0 aliphatic rings. The van der Waals surface area contributed by atoms with E-state index in [1.807, 2.05) is 38.2 Å². The van der Waals surface area contributed by atoms with Gasteiger partial charge in [0.15, 0.2) is 5.69 Å². The highest BCUT2D eigenvalue weighted by Crippen LogP contribution is 2.18. The minimum atomic E-state index is -0.0579. The first-order chi connectivity index (χ1) is 9.00. The number of amides is 1. The van der Waals surface area contributed by atoms with E-state index in [1.54, 1.807) is 16.6 Å². The van der Waals surface area contributed by atoms with Gasteiger partial charge < -0.3 is 10.6 Å². The molecule has 1 atom stereocenters. The van der Waals surface area contributed by atoms with Crippen LogP contribution in [-0.4, -0.2) is 40.2 Å². The Morgan fingerprint density at radius 2 is 2.16 bits per heavy atom. The number of hydrogen-bond acceptors (Lipinski definition) is 3. The van der Waals surface area contributed by atoms with Gasteiger partial charge in [0.1, 0.15) is 0 Å². The summed E-state index contributed by atoms with van der Waals surface area (Å²) >= 11 is 0. The summed E-state index contributed by atoms with van der Waals surface area (Å²) in [4.78, 5) is 14.1. The Labute approximate surface area is 113 Å². The summed E-state index contributed by atoms with van der Waals surface area (Å²) in [5.74, 6) is -0.0579. The molecule has 1 heterocycles. The molecule has 5 nitrogen and oxygen atoms in total. The SMILES string of the molecule is CC(N)CCN(C)C(=O)c1nn(C)c2ccccc12. The van der Waals surface area contributed by atoms with Crippen molar-refractivity contribution in [1.29, 1.82) is 0 Å². The summed E-state index contributed by atoms with van der Waals surface area (Å²) < 4.78 is 1.74. The van der Waals surface area contributed by atoms with Crippen molar-refractivity contribution in [3.8, 4) is 0 Å². The van der Waals surface area contributed by atoms with Crippen LogP contribution in [-0.2, 0) is 7.05 Å². The third kappa shape index (κ3) is 2.76. The minimum Gasteiger partial charge on any atom is -0.340 e. The summed E-state index contributed by atoms with van der Waals surface area (Å²) in [6.07, 6.45) is 0.785. The van der Waals surface area contributed by atoms with E-state index in [-0.39, 0.29) is 11.9 Å². The van der Waals surface area contributed by atoms with Crippen molar-refractivity contribution in [2.45, 2.75) is 19.4 Å². The van der Waals surface area contributed by atoms with Crippen molar-refractivity contribution in [2.24, 2.45) is 12.8 Å². The molecular formula is C14H20N4O. The van der Waals surface area contributed by atoms with Gasteiger partial charge in [-0.3, -0.25) is 9.48 Å². The topological polar surface area (TPSA) is 64.2 Å². The summed E-state index contributed by atoms with van der Waals surface area (Å²) in [6, 6.07) is 7.84. The molecule has 0 fully saturated rings. The molecule has 1 unspecified atom stereocenters. The zero-order chi connectivity index (χ0) is 14.0. The molecule has 102 valence electrons. The number of nitrogens with zero attached hydrogens (tertiary/aromatic N) is 3. The molecule has 0 saturated heterocycles. The molecule has 19 heavy (non-hydrogen) atoms. The van der Waals surface area contributed by atoms with Gasteiger partial charge in [-0.1, -0.05) is 18.2 Å². The number of fused-ring (bicyclic) bond motifs is 1. The monoisotopic (exact) mass is 260 g/mol. The van der Waals surface area contributed by atoms with Crippen LogP contribution >= 0.6 is 0 Å². The standard InChI is InChI=1S/C14H20N4O/c1-10(15)8-9-17(2)14(19)13-11-6-4-5-7-12(11)18(3)16-13/h4-7,10H,8-9,15H2,1-3H3. The van der Waals surface area contributed by atoms with Gasteiger partial charge in [0.25, 0.3) is 5.91 Å². The fourth-order valence-corrected chi connectivity index (χ4v) is 2.05. The molecule has 5 heteroatoms. The number of hydrogen-bond donors (Lipinski definition) is 1. The van der Waals surface area contributed by atoms with Crippen LogP contribution in [0.4, 0.5) is 0 Å². The van der Waals surface area contributed by atoms with Crippen LogP contribution in [0.25, 0.3) is 10.9 Å². The molecule has 0 bridgehead atoms. The second-order valence-corrected chi connectivity index (χ2v) is 4.98. The molecule has 0 aliphatic carbocycles. The van der Waals surface area contributed by atoms with Gasteiger partial charge >= 0.3 is 0 Å². The second-order valence-electron chi connectivity index (χ2n) is 4.98. The van der Waals surface area contributed by atoms with Gasteiger partial charge in [0.2, 0.25) is 0 Å². The van der Waals surface area contributed by atoms with Gasteiger partial charge in [0, 0.05) is 32.1 Å². The number of aromatic nitrogens is 2. The van der Waals surface area contributed by atoms with E-state index in [0.29, 0.717) is 12.2 Å². The number of benzene rings is 1. The Balaban J connectivity index is 2.26. The predicted octanol–water partition coefficient (Wildman–Crippen LogP) is 1.38. The Bertz CT molecular complexity index is 588. The quantitative estimate of drug-likeness (QED) is 0.903. The van der Waals surface area contributed by atoms with Gasteiger partial charge in [-0.25, -0.2) is 0 Å². The van der Waals surface area contributed by atoms with Gasteiger partial charge in [-0.2, -0.15) is 5.10 Å². The van der Waals surface area contributed by atoms with Crippen molar-refractivity contribution in [2.75, 3.05) is 13.6 Å². The first-order valence-electron chi connectivity index (χ1n) is 6.43. The second kappa shape index (κ2) is 5.40. The summed E-state index contributed by atoms with van der Waals surface area (Å²) in [6.45, 7) is 2.58. The maximum Gasteiger partial charge on any atom is 0.274 e. The highest BCUT2D eigenvalue weighted by Gasteiger charge is 2.19. The van der Waals surface area contributed by atoms with Crippen molar-refractivity contribution >= 4 is 16.8 Å². The average Bonchev–Trinajstić information content (AvgIpc) is 2.73. The lowest BCUT2D eigenvalue weighted by atomic mass is 10.2. The normalized spacial score (nSPS) is 12.6. The van der Waals surface area contributed by atoms with Crippen LogP contribution in [0.5, 0.6) is 0 Å². The van der Waals surface area contributed by atoms with E-state index in [2.05, 4.69) is 5.10 Å². The fourth-order valence-electron chi connectivity index (χ4n) is 2.05. The van der Waals surface area contributed by atoms with Crippen LogP contribution in [0.15, 0.2) is 24.3 Å². The van der Waals surface area contributed by atoms with Crippen molar-refractivity contribution in [1.82, 2.24) is 14.7 Å². The number of carbonyl (C=O) groups is 1. The Morgan fingerprint density at radius 3 is 2.84 bits per heavy atom. The Morgan fingerprint density at radius 1 is 1.47 bits per heavy atom. The number of nitrogens with two attached hydrogens (primary N) is 1. The van der Waals surface area contributed by atoms with E-state index >= 15 is 0 Å². The van der Waals surface area contributed by atoms with E-state index in [1.165, 1.54) is 0 Å². The minimum absolute atomic E-state index is 0.0579. The molecule has 0 radical (unpaired) electrons. The van der Waals surface area contributed by atoms with Crippen molar-refractivity contribution in [3.05, 3.63) is 30.0 Å². The number of carbonyl (C=O) groups excluding carboxylic acids is 1. The van der Waals surface area contributed by atoms with Crippen molar-refractivity contribution in [3.63, 3.8) is 0 Å². The van der Waals surface area contributed by atoms with Gasteiger partial charge in [0.05, 0.1) is 5.52 Å². The van der Waals surface area contributed by atoms with Crippen LogP contribution in [0.1, 0.15) is 23.8 Å². The number of aryl methyl sites for hydroxylation is 1. The van der Waals surface area contributed by atoms with Crippen molar-refractivity contribution < 1.29 is 4.79 Å². The van der Waals surface area contributed by atoms with E-state index in [9.17, 15) is 4.79 Å². The summed E-state index contributed by atoms with van der Waals surface area (Å²) in [7, 11) is 3.63. The lowest BCUT2D eigenvalue weighted by Crippen LogP contribution is -2.31. The molecule has 2 rings (SSSR count). The smallest absolute Gasteiger partial charge is 0.274 e. The maximum atomic E-state index is 12.4. The molecule has 2 N–H and O–H groups in total. The molecule has 0 spiro atoms. The zero-order valence-corrected chi connectivity index (χ0v) is 11.6. The summed E-state index contributed by atoms with van der Waals surface area (Å²) in [5.41, 5.74) is 7.19. The Hall–Kier alpha value is -1.88. The fraction of sp³-hybridized carbons (Fsp3) is 0.429. The largest absolute Gasteiger partial charge is 0.340 e. The van der Waals surface area contributed by atoms with Crippen LogP contribution in [0, 0.1) is 0 Å². The lowest BCUT2D eigenvalue weighted by Gasteiger charge is -2.17. The van der Waals surface area contributed by atoms with E-state index in [0.717, 1.165) is 17.3 Å². The third-order valence-electron chi connectivity index (χ3n) is 3.23. The van der Waals surface area contributed by atoms with E-state index in [4.69, 9.17) is 5.73 Å². The first kappa shape index (κ1) is 13.5. The maximum absolute atomic E-state index is 12.4. The third-order valence-corrected chi connectivity index (χ3v) is 3.23. The molecule has 2 aromatic rings. The van der Waals surface area contributed by atoms with Crippen LogP contribution < -0.4 is 5.73 Å². The van der Waals surface area contributed by atoms with Crippen LogP contribution in [0.2, 0.25) is 0 Å². The van der Waals surface area contributed by atoms with Gasteiger partial charge in [-0.05, 0) is 19.4 Å². The number of para-hydroxylation sites is 1. The predicted molar refractivity (Wildman–Crippen MR) is 75.9 cm³/mol. The average molecular weight is 260 g/mol. The summed E-state index contributed by atoms with van der Waals surface area (Å²) in [5, 5.41) is 5.22. The van der Waals surface area contributed by atoms with E-state index < -0.39 is 0 Å². The molecule has 1 amide bonds. The van der Waals surface area contributed by atoms with Crippen LogP contribution in [0.3, 0.4) is 0 Å². The highest BCUT2D eigenvalue weighted by atomic mass is 16.2. The Kier molecular flexibility index (Phi) is 3.85. The molecule has 0 aliphatic heterocycles. The zero-order valence-electron chi connectivity index (χ0n) is 11.6. The lowest BCUT2D eigenvalue weighted by molar-refractivity contribution is 0.0787. The molecular weight excluding hydrogens is 240 g/mol. The molecule has 0 saturated carbocycles. The molecule has 1 aromatic carbocycles. The van der Waals surface area contributed by atoms with Gasteiger partial charge in [-0.15, -0.1) is 0 Å².